The Kier molecular flexibility index (Phi) is 6.21. The number of amides is 3. The number of carbonyl (C=O) groups is 3. The van der Waals surface area contributed by atoms with Gasteiger partial charge < -0.3 is 5.32 Å². The SMILES string of the molecule is O=C(CCCN1C(=O)c2ccccc2C1=O)NCCn1nc(-c2ccccc2)ccc1=O. The zero-order valence-electron chi connectivity index (χ0n) is 17.4. The van der Waals surface area contributed by atoms with Crippen LogP contribution in [0.1, 0.15) is 33.6 Å². The quantitative estimate of drug-likeness (QED) is 0.552. The second-order valence-electron chi connectivity index (χ2n) is 7.41. The van der Waals surface area contributed by atoms with E-state index in [0.29, 0.717) is 23.2 Å². The van der Waals surface area contributed by atoms with Gasteiger partial charge in [0, 0.05) is 31.1 Å². The van der Waals surface area contributed by atoms with Gasteiger partial charge in [-0.05, 0) is 24.6 Å². The summed E-state index contributed by atoms with van der Waals surface area (Å²) in [5, 5.41) is 7.12. The van der Waals surface area contributed by atoms with Crippen LogP contribution in [0, 0.1) is 0 Å². The molecular weight excluding hydrogens is 408 g/mol. The lowest BCUT2D eigenvalue weighted by molar-refractivity contribution is -0.121. The highest BCUT2D eigenvalue weighted by Crippen LogP contribution is 2.22. The highest BCUT2D eigenvalue weighted by molar-refractivity contribution is 6.21. The van der Waals surface area contributed by atoms with Crippen LogP contribution < -0.4 is 10.9 Å². The Hall–Kier alpha value is -4.07. The molecule has 2 heterocycles. The van der Waals surface area contributed by atoms with Crippen molar-refractivity contribution in [1.82, 2.24) is 20.0 Å². The molecule has 0 saturated heterocycles. The zero-order chi connectivity index (χ0) is 22.5. The van der Waals surface area contributed by atoms with Gasteiger partial charge in [-0.25, -0.2) is 4.68 Å². The second kappa shape index (κ2) is 9.38. The third-order valence-corrected chi connectivity index (χ3v) is 5.25. The Morgan fingerprint density at radius 3 is 2.16 bits per heavy atom. The highest BCUT2D eigenvalue weighted by Gasteiger charge is 2.34. The predicted octanol–water partition coefficient (Wildman–Crippen LogP) is 2.10. The van der Waals surface area contributed by atoms with Crippen LogP contribution in [0.15, 0.2) is 71.5 Å². The summed E-state index contributed by atoms with van der Waals surface area (Å²) in [6, 6.07) is 19.3. The summed E-state index contributed by atoms with van der Waals surface area (Å²) in [4.78, 5) is 50.1. The van der Waals surface area contributed by atoms with Crippen LogP contribution in [-0.4, -0.2) is 45.5 Å². The van der Waals surface area contributed by atoms with Crippen molar-refractivity contribution in [3.63, 3.8) is 0 Å². The van der Waals surface area contributed by atoms with Gasteiger partial charge >= 0.3 is 0 Å². The van der Waals surface area contributed by atoms with E-state index in [-0.39, 0.29) is 49.3 Å². The molecule has 1 aromatic heterocycles. The van der Waals surface area contributed by atoms with E-state index in [0.717, 1.165) is 5.56 Å². The van der Waals surface area contributed by atoms with Crippen LogP contribution in [0.25, 0.3) is 11.3 Å². The molecule has 0 unspecified atom stereocenters. The van der Waals surface area contributed by atoms with Gasteiger partial charge in [0.15, 0.2) is 0 Å². The predicted molar refractivity (Wildman–Crippen MR) is 118 cm³/mol. The molecule has 2 aromatic carbocycles. The largest absolute Gasteiger partial charge is 0.354 e. The van der Waals surface area contributed by atoms with Crippen molar-refractivity contribution in [1.29, 1.82) is 0 Å². The van der Waals surface area contributed by atoms with Crippen molar-refractivity contribution < 1.29 is 14.4 Å². The zero-order valence-corrected chi connectivity index (χ0v) is 17.4. The average Bonchev–Trinajstić information content (AvgIpc) is 3.06. The van der Waals surface area contributed by atoms with E-state index in [1.54, 1.807) is 30.3 Å². The third kappa shape index (κ3) is 4.49. The van der Waals surface area contributed by atoms with Gasteiger partial charge in [0.05, 0.1) is 23.4 Å². The lowest BCUT2D eigenvalue weighted by atomic mass is 10.1. The van der Waals surface area contributed by atoms with Crippen molar-refractivity contribution in [2.45, 2.75) is 19.4 Å². The summed E-state index contributed by atoms with van der Waals surface area (Å²) in [7, 11) is 0. The Morgan fingerprint density at radius 1 is 0.812 bits per heavy atom. The van der Waals surface area contributed by atoms with Crippen molar-refractivity contribution in [2.75, 3.05) is 13.1 Å². The fourth-order valence-electron chi connectivity index (χ4n) is 3.60. The molecule has 1 aliphatic rings. The summed E-state index contributed by atoms with van der Waals surface area (Å²) >= 11 is 0. The van der Waals surface area contributed by atoms with E-state index in [4.69, 9.17) is 0 Å². The molecule has 0 spiro atoms. The summed E-state index contributed by atoms with van der Waals surface area (Å²) in [6.45, 7) is 0.667. The minimum absolute atomic E-state index is 0.166. The number of benzene rings is 2. The Labute approximate surface area is 184 Å². The molecule has 0 aliphatic carbocycles. The standard InChI is InChI=1S/C24H22N4O4/c29-21(11-6-15-27-23(31)18-9-4-5-10-19(18)24(27)32)25-14-16-28-22(30)13-12-20(26-28)17-7-2-1-3-8-17/h1-5,7-10,12-13H,6,11,14-16H2,(H,25,29). The van der Waals surface area contributed by atoms with E-state index in [9.17, 15) is 19.2 Å². The van der Waals surface area contributed by atoms with Gasteiger partial charge in [0.25, 0.3) is 17.4 Å². The number of imide groups is 1. The number of hydrogen-bond donors (Lipinski definition) is 1. The molecule has 0 fully saturated rings. The maximum absolute atomic E-state index is 12.3. The molecule has 0 saturated carbocycles. The summed E-state index contributed by atoms with van der Waals surface area (Å²) in [5.74, 6) is -0.863. The molecule has 8 nitrogen and oxygen atoms in total. The highest BCUT2D eigenvalue weighted by atomic mass is 16.2. The first kappa shape index (κ1) is 21.2. The minimum Gasteiger partial charge on any atom is -0.354 e. The van der Waals surface area contributed by atoms with E-state index in [1.165, 1.54) is 15.6 Å². The maximum Gasteiger partial charge on any atom is 0.266 e. The average molecular weight is 430 g/mol. The summed E-state index contributed by atoms with van der Waals surface area (Å²) in [6.07, 6.45) is 0.527. The Morgan fingerprint density at radius 2 is 1.47 bits per heavy atom. The Balaban J connectivity index is 1.25. The topological polar surface area (TPSA) is 101 Å². The van der Waals surface area contributed by atoms with Gasteiger partial charge in [-0.15, -0.1) is 0 Å². The van der Waals surface area contributed by atoms with Crippen LogP contribution in [0.4, 0.5) is 0 Å². The number of nitrogens with one attached hydrogen (secondary N) is 1. The van der Waals surface area contributed by atoms with Crippen molar-refractivity contribution >= 4 is 17.7 Å². The van der Waals surface area contributed by atoms with Crippen LogP contribution in [0.3, 0.4) is 0 Å². The molecule has 3 aromatic rings. The minimum atomic E-state index is -0.324. The first-order chi connectivity index (χ1) is 15.5. The van der Waals surface area contributed by atoms with Crippen LogP contribution in [0.2, 0.25) is 0 Å². The normalized spacial score (nSPS) is 12.7. The molecule has 8 heteroatoms. The van der Waals surface area contributed by atoms with Gasteiger partial charge in [-0.3, -0.25) is 24.1 Å². The summed E-state index contributed by atoms with van der Waals surface area (Å²) < 4.78 is 1.32. The van der Waals surface area contributed by atoms with E-state index < -0.39 is 0 Å². The van der Waals surface area contributed by atoms with Crippen molar-refractivity contribution in [2.24, 2.45) is 0 Å². The van der Waals surface area contributed by atoms with E-state index in [2.05, 4.69) is 10.4 Å². The molecule has 32 heavy (non-hydrogen) atoms. The van der Waals surface area contributed by atoms with E-state index in [1.807, 2.05) is 30.3 Å². The van der Waals surface area contributed by atoms with Crippen molar-refractivity contribution in [3.8, 4) is 11.3 Å². The first-order valence-corrected chi connectivity index (χ1v) is 10.4. The molecule has 0 bridgehead atoms. The smallest absolute Gasteiger partial charge is 0.266 e. The van der Waals surface area contributed by atoms with Crippen LogP contribution in [-0.2, 0) is 11.3 Å². The second-order valence-corrected chi connectivity index (χ2v) is 7.41. The molecule has 3 amide bonds. The molecule has 162 valence electrons. The fraction of sp³-hybridized carbons (Fsp3) is 0.208. The monoisotopic (exact) mass is 430 g/mol. The third-order valence-electron chi connectivity index (χ3n) is 5.25. The number of aromatic nitrogens is 2. The molecule has 0 atom stereocenters. The molecule has 1 aliphatic heterocycles. The molecule has 0 radical (unpaired) electrons. The molecule has 4 rings (SSSR count). The fourth-order valence-corrected chi connectivity index (χ4v) is 3.60. The number of hydrogen-bond acceptors (Lipinski definition) is 5. The summed E-state index contributed by atoms with van der Waals surface area (Å²) in [5.41, 5.74) is 2.13. The number of carbonyl (C=O) groups excluding carboxylic acids is 3. The van der Waals surface area contributed by atoms with Gasteiger partial charge in [-0.2, -0.15) is 5.10 Å². The van der Waals surface area contributed by atoms with Gasteiger partial charge in [0.2, 0.25) is 5.91 Å². The number of fused-ring (bicyclic) bond motifs is 1. The van der Waals surface area contributed by atoms with Crippen LogP contribution >= 0.6 is 0 Å². The number of rotatable bonds is 8. The van der Waals surface area contributed by atoms with Crippen LogP contribution in [0.5, 0.6) is 0 Å². The van der Waals surface area contributed by atoms with Gasteiger partial charge in [-0.1, -0.05) is 42.5 Å². The van der Waals surface area contributed by atoms with Crippen molar-refractivity contribution in [3.05, 3.63) is 88.2 Å². The maximum atomic E-state index is 12.3. The lowest BCUT2D eigenvalue weighted by Gasteiger charge is -2.13. The lowest BCUT2D eigenvalue weighted by Crippen LogP contribution is -2.33. The Bertz CT molecular complexity index is 1180. The molecular formula is C24H22N4O4. The van der Waals surface area contributed by atoms with E-state index >= 15 is 0 Å². The first-order valence-electron chi connectivity index (χ1n) is 10.4. The van der Waals surface area contributed by atoms with Gasteiger partial charge in [0.1, 0.15) is 0 Å². The number of nitrogens with zero attached hydrogens (tertiary/aromatic N) is 3. The molecule has 1 N–H and O–H groups in total.